The van der Waals surface area contributed by atoms with Crippen molar-refractivity contribution in [2.24, 2.45) is 5.92 Å². The molecule has 0 amide bonds. The summed E-state index contributed by atoms with van der Waals surface area (Å²) < 4.78 is 6.08. The van der Waals surface area contributed by atoms with Gasteiger partial charge in [0.05, 0.1) is 0 Å². The maximum absolute atomic E-state index is 6.08. The van der Waals surface area contributed by atoms with Gasteiger partial charge in [-0.15, -0.1) is 0 Å². The minimum absolute atomic E-state index is 0.314. The van der Waals surface area contributed by atoms with Crippen molar-refractivity contribution in [2.45, 2.75) is 65.1 Å². The Balaban J connectivity index is 2.56. The lowest BCUT2D eigenvalue weighted by molar-refractivity contribution is 0.0308. The van der Waals surface area contributed by atoms with Crippen LogP contribution in [-0.4, -0.2) is 18.2 Å². The molecule has 21 heavy (non-hydrogen) atoms. The van der Waals surface area contributed by atoms with Gasteiger partial charge in [0.25, 0.3) is 0 Å². The SMILES string of the molecule is C=C/C=C(\C=C(/C=C)CC(C)C)O[C@H]1C[C@@H](NC(C)C)C1. The van der Waals surface area contributed by atoms with Gasteiger partial charge in [-0.2, -0.15) is 0 Å². The van der Waals surface area contributed by atoms with Crippen LogP contribution in [0.25, 0.3) is 0 Å². The van der Waals surface area contributed by atoms with Gasteiger partial charge >= 0.3 is 0 Å². The molecule has 1 fully saturated rings. The molecule has 2 heteroatoms. The maximum atomic E-state index is 6.08. The van der Waals surface area contributed by atoms with E-state index in [-0.39, 0.29) is 0 Å². The Kier molecular flexibility index (Phi) is 7.52. The molecule has 0 unspecified atom stereocenters. The van der Waals surface area contributed by atoms with Gasteiger partial charge in [-0.3, -0.25) is 0 Å². The van der Waals surface area contributed by atoms with Crippen LogP contribution >= 0.6 is 0 Å². The first-order valence-corrected chi connectivity index (χ1v) is 8.03. The average Bonchev–Trinajstić information content (AvgIpc) is 2.34. The maximum Gasteiger partial charge on any atom is 0.119 e. The smallest absolute Gasteiger partial charge is 0.119 e. The van der Waals surface area contributed by atoms with E-state index >= 15 is 0 Å². The second kappa shape index (κ2) is 8.89. The number of rotatable bonds is 9. The summed E-state index contributed by atoms with van der Waals surface area (Å²) in [5, 5.41) is 3.54. The van der Waals surface area contributed by atoms with Crippen molar-refractivity contribution in [1.29, 1.82) is 0 Å². The van der Waals surface area contributed by atoms with Gasteiger partial charge in [0.1, 0.15) is 11.9 Å². The highest BCUT2D eigenvalue weighted by Gasteiger charge is 2.31. The van der Waals surface area contributed by atoms with Crippen LogP contribution in [0.4, 0.5) is 0 Å². The van der Waals surface area contributed by atoms with E-state index in [4.69, 9.17) is 4.74 Å². The molecule has 118 valence electrons. The first-order chi connectivity index (χ1) is 9.94. The van der Waals surface area contributed by atoms with Gasteiger partial charge in [-0.25, -0.2) is 0 Å². The molecule has 1 aliphatic rings. The minimum atomic E-state index is 0.314. The Morgan fingerprint density at radius 1 is 1.24 bits per heavy atom. The van der Waals surface area contributed by atoms with Crippen LogP contribution in [0.3, 0.4) is 0 Å². The summed E-state index contributed by atoms with van der Waals surface area (Å²) in [6, 6.07) is 1.14. The molecule has 0 saturated heterocycles. The molecule has 0 bridgehead atoms. The van der Waals surface area contributed by atoms with Crippen LogP contribution in [-0.2, 0) is 4.74 Å². The van der Waals surface area contributed by atoms with E-state index < -0.39 is 0 Å². The molecule has 2 nitrogen and oxygen atoms in total. The Labute approximate surface area is 130 Å². The third-order valence-electron chi connectivity index (χ3n) is 3.48. The van der Waals surface area contributed by atoms with Crippen molar-refractivity contribution in [3.8, 4) is 0 Å². The molecule has 0 aromatic heterocycles. The average molecular weight is 289 g/mol. The first-order valence-electron chi connectivity index (χ1n) is 8.03. The van der Waals surface area contributed by atoms with Crippen LogP contribution in [0.5, 0.6) is 0 Å². The van der Waals surface area contributed by atoms with E-state index in [0.717, 1.165) is 25.0 Å². The molecule has 0 aliphatic heterocycles. The second-order valence-electron chi connectivity index (χ2n) is 6.56. The first kappa shape index (κ1) is 17.8. The van der Waals surface area contributed by atoms with E-state index in [0.29, 0.717) is 24.1 Å². The summed E-state index contributed by atoms with van der Waals surface area (Å²) >= 11 is 0. The van der Waals surface area contributed by atoms with Crippen molar-refractivity contribution >= 4 is 0 Å². The van der Waals surface area contributed by atoms with E-state index in [1.807, 2.05) is 12.2 Å². The quantitative estimate of drug-likeness (QED) is 0.488. The Morgan fingerprint density at radius 3 is 2.38 bits per heavy atom. The molecular weight excluding hydrogens is 258 g/mol. The summed E-state index contributed by atoms with van der Waals surface area (Å²) in [6.45, 7) is 16.5. The fraction of sp³-hybridized carbons (Fsp3) is 0.579. The highest BCUT2D eigenvalue weighted by Crippen LogP contribution is 2.27. The molecule has 0 spiro atoms. The van der Waals surface area contributed by atoms with Gasteiger partial charge in [0.2, 0.25) is 0 Å². The van der Waals surface area contributed by atoms with Crippen LogP contribution in [0.15, 0.2) is 48.8 Å². The van der Waals surface area contributed by atoms with Crippen molar-refractivity contribution in [3.63, 3.8) is 0 Å². The van der Waals surface area contributed by atoms with Gasteiger partial charge in [0.15, 0.2) is 0 Å². The van der Waals surface area contributed by atoms with Crippen molar-refractivity contribution in [3.05, 3.63) is 48.8 Å². The predicted molar refractivity (Wildman–Crippen MR) is 92.2 cm³/mol. The molecule has 1 N–H and O–H groups in total. The summed E-state index contributed by atoms with van der Waals surface area (Å²) in [5.41, 5.74) is 1.22. The summed E-state index contributed by atoms with van der Waals surface area (Å²) in [5.74, 6) is 1.51. The normalized spacial score (nSPS) is 23.1. The van der Waals surface area contributed by atoms with Crippen molar-refractivity contribution < 1.29 is 4.74 Å². The highest BCUT2D eigenvalue weighted by molar-refractivity contribution is 5.28. The number of hydrogen-bond acceptors (Lipinski definition) is 2. The number of hydrogen-bond donors (Lipinski definition) is 1. The third kappa shape index (κ3) is 6.81. The van der Waals surface area contributed by atoms with Crippen molar-refractivity contribution in [1.82, 2.24) is 5.32 Å². The largest absolute Gasteiger partial charge is 0.490 e. The summed E-state index contributed by atoms with van der Waals surface area (Å²) in [4.78, 5) is 0. The second-order valence-corrected chi connectivity index (χ2v) is 6.56. The molecule has 1 saturated carbocycles. The summed E-state index contributed by atoms with van der Waals surface area (Å²) in [7, 11) is 0. The van der Waals surface area contributed by atoms with Gasteiger partial charge in [-0.05, 0) is 42.9 Å². The third-order valence-corrected chi connectivity index (χ3v) is 3.48. The number of allylic oxidation sites excluding steroid dienone is 5. The van der Waals surface area contributed by atoms with Crippen LogP contribution < -0.4 is 5.32 Å². The zero-order valence-corrected chi connectivity index (χ0v) is 14.1. The van der Waals surface area contributed by atoms with E-state index in [1.54, 1.807) is 6.08 Å². The molecule has 0 heterocycles. The fourth-order valence-corrected chi connectivity index (χ4v) is 2.55. The van der Waals surface area contributed by atoms with Gasteiger partial charge < -0.3 is 10.1 Å². The lowest BCUT2D eigenvalue weighted by Crippen LogP contribution is -2.47. The molecule has 1 rings (SSSR count). The minimum Gasteiger partial charge on any atom is -0.490 e. The van der Waals surface area contributed by atoms with Gasteiger partial charge in [0, 0.05) is 12.1 Å². The topological polar surface area (TPSA) is 21.3 Å². The van der Waals surface area contributed by atoms with Crippen molar-refractivity contribution in [2.75, 3.05) is 0 Å². The lowest BCUT2D eigenvalue weighted by Gasteiger charge is -2.37. The molecule has 0 radical (unpaired) electrons. The lowest BCUT2D eigenvalue weighted by atomic mass is 9.88. The van der Waals surface area contributed by atoms with E-state index in [9.17, 15) is 0 Å². The van der Waals surface area contributed by atoms with Gasteiger partial charge in [-0.1, -0.05) is 53.0 Å². The fourth-order valence-electron chi connectivity index (χ4n) is 2.55. The van der Waals surface area contributed by atoms with E-state index in [1.165, 1.54) is 5.57 Å². The summed E-state index contributed by atoms with van der Waals surface area (Å²) in [6.07, 6.45) is 11.2. The predicted octanol–water partition coefficient (Wildman–Crippen LogP) is 4.76. The Morgan fingerprint density at radius 2 is 1.90 bits per heavy atom. The highest BCUT2D eigenvalue weighted by atomic mass is 16.5. The van der Waals surface area contributed by atoms with Crippen LogP contribution in [0, 0.1) is 5.92 Å². The van der Waals surface area contributed by atoms with Crippen LogP contribution in [0.1, 0.15) is 47.0 Å². The molecule has 0 aromatic carbocycles. The molecule has 1 aliphatic carbocycles. The van der Waals surface area contributed by atoms with E-state index in [2.05, 4.69) is 52.2 Å². The van der Waals surface area contributed by atoms with Crippen LogP contribution in [0.2, 0.25) is 0 Å². The Hall–Kier alpha value is -1.28. The number of ether oxygens (including phenoxy) is 1. The Bertz CT molecular complexity index is 398. The zero-order chi connectivity index (χ0) is 15.8. The molecule has 0 atom stereocenters. The molecule has 0 aromatic rings. The zero-order valence-electron chi connectivity index (χ0n) is 14.1. The standard InChI is InChI=1S/C19H31NO/c1-7-9-18(11-16(8-2)10-14(3)4)21-19-12-17(13-19)20-15(5)6/h7-9,11,14-15,17,19-20H,1-2,10,12-13H2,3-6H3/b16-11+,18-9+/t17-,19+. The monoisotopic (exact) mass is 289 g/mol. The number of nitrogens with one attached hydrogen (secondary N) is 1. The molecular formula is C19H31NO.